The van der Waals surface area contributed by atoms with Crippen LogP contribution in [-0.2, 0) is 4.43 Å². The predicted molar refractivity (Wildman–Crippen MR) is 58.7 cm³/mol. The molecule has 2 aromatic rings. The zero-order chi connectivity index (χ0) is 8.55. The van der Waals surface area contributed by atoms with Crippen LogP contribution in [-0.4, -0.2) is 0 Å². The van der Waals surface area contributed by atoms with E-state index in [9.17, 15) is 0 Å². The Kier molecular flexibility index (Phi) is 2.09. The molecule has 0 radical (unpaired) electrons. The second-order valence-electron chi connectivity index (χ2n) is 2.86. The Morgan fingerprint density at radius 2 is 2.17 bits per heavy atom. The highest BCUT2D eigenvalue weighted by molar-refractivity contribution is 14.1. The molecule has 0 N–H and O–H groups in total. The zero-order valence-corrected chi connectivity index (χ0v) is 8.96. The number of benzene rings is 1. The maximum atomic E-state index is 5.46. The number of furan rings is 1. The van der Waals surface area contributed by atoms with E-state index in [4.69, 9.17) is 4.42 Å². The minimum atomic E-state index is 0.982. The van der Waals surface area contributed by atoms with E-state index in [0.717, 1.165) is 15.8 Å². The van der Waals surface area contributed by atoms with Crippen molar-refractivity contribution in [1.29, 1.82) is 0 Å². The summed E-state index contributed by atoms with van der Waals surface area (Å²) < 4.78 is 6.52. The van der Waals surface area contributed by atoms with Gasteiger partial charge in [-0.3, -0.25) is 0 Å². The van der Waals surface area contributed by atoms with Crippen molar-refractivity contribution in [1.82, 2.24) is 0 Å². The Morgan fingerprint density at radius 1 is 1.33 bits per heavy atom. The summed E-state index contributed by atoms with van der Waals surface area (Å²) in [4.78, 5) is 0. The molecule has 1 aromatic heterocycles. The summed E-state index contributed by atoms with van der Waals surface area (Å²) in [5, 5.41) is 1.21. The number of fused-ring (bicyclic) bond motifs is 1. The first-order valence-corrected chi connectivity index (χ1v) is 5.37. The van der Waals surface area contributed by atoms with Crippen molar-refractivity contribution in [2.75, 3.05) is 0 Å². The number of alkyl halides is 1. The average Bonchev–Trinajstić information content (AvgIpc) is 2.43. The highest BCUT2D eigenvalue weighted by Crippen LogP contribution is 2.21. The summed E-state index contributed by atoms with van der Waals surface area (Å²) in [6.07, 6.45) is 0. The molecule has 0 amide bonds. The van der Waals surface area contributed by atoms with Crippen molar-refractivity contribution in [3.05, 3.63) is 35.6 Å². The van der Waals surface area contributed by atoms with Gasteiger partial charge in [-0.15, -0.1) is 0 Å². The van der Waals surface area contributed by atoms with Gasteiger partial charge in [-0.05, 0) is 30.7 Å². The van der Waals surface area contributed by atoms with Gasteiger partial charge in [0, 0.05) is 9.81 Å². The molecule has 12 heavy (non-hydrogen) atoms. The highest BCUT2D eigenvalue weighted by atomic mass is 127. The normalized spacial score (nSPS) is 10.8. The van der Waals surface area contributed by atoms with Crippen LogP contribution in [0.4, 0.5) is 0 Å². The molecule has 0 aliphatic heterocycles. The zero-order valence-electron chi connectivity index (χ0n) is 6.80. The quantitative estimate of drug-likeness (QED) is 0.570. The van der Waals surface area contributed by atoms with Gasteiger partial charge in [0.1, 0.15) is 11.3 Å². The molecule has 0 saturated carbocycles. The third-order valence-electron chi connectivity index (χ3n) is 1.86. The molecule has 1 heterocycles. The summed E-state index contributed by atoms with van der Waals surface area (Å²) in [5.41, 5.74) is 2.34. The van der Waals surface area contributed by atoms with Crippen molar-refractivity contribution in [2.24, 2.45) is 0 Å². The topological polar surface area (TPSA) is 13.1 Å². The van der Waals surface area contributed by atoms with E-state index in [1.54, 1.807) is 0 Å². The third-order valence-corrected chi connectivity index (χ3v) is 2.74. The fourth-order valence-electron chi connectivity index (χ4n) is 1.31. The van der Waals surface area contributed by atoms with Gasteiger partial charge in [0.2, 0.25) is 0 Å². The smallest absolute Gasteiger partial charge is 0.134 e. The molecule has 2 heteroatoms. The van der Waals surface area contributed by atoms with E-state index in [1.807, 2.05) is 13.0 Å². The molecule has 0 atom stereocenters. The second-order valence-corrected chi connectivity index (χ2v) is 3.63. The van der Waals surface area contributed by atoms with E-state index >= 15 is 0 Å². The molecule has 0 spiro atoms. The second kappa shape index (κ2) is 3.09. The van der Waals surface area contributed by atoms with Gasteiger partial charge in [-0.25, -0.2) is 0 Å². The molecular weight excluding hydrogens is 263 g/mol. The van der Waals surface area contributed by atoms with E-state index in [-0.39, 0.29) is 0 Å². The van der Waals surface area contributed by atoms with E-state index in [1.165, 1.54) is 10.9 Å². The summed E-state index contributed by atoms with van der Waals surface area (Å²) in [5.74, 6) is 0.982. The molecule has 1 nitrogen and oxygen atoms in total. The minimum Gasteiger partial charge on any atom is -0.461 e. The van der Waals surface area contributed by atoms with Crippen molar-refractivity contribution < 1.29 is 4.42 Å². The SMILES string of the molecule is Cc1cc2cc(CI)ccc2o1. The molecule has 0 fully saturated rings. The molecule has 0 bridgehead atoms. The van der Waals surface area contributed by atoms with E-state index < -0.39 is 0 Å². The number of halogens is 1. The van der Waals surface area contributed by atoms with Gasteiger partial charge in [0.25, 0.3) is 0 Å². The molecule has 0 aliphatic rings. The van der Waals surface area contributed by atoms with E-state index in [0.29, 0.717) is 0 Å². The van der Waals surface area contributed by atoms with Crippen LogP contribution < -0.4 is 0 Å². The number of hydrogen-bond acceptors (Lipinski definition) is 1. The van der Waals surface area contributed by atoms with Crippen LogP contribution in [0.5, 0.6) is 0 Å². The Morgan fingerprint density at radius 3 is 2.92 bits per heavy atom. The van der Waals surface area contributed by atoms with Crippen LogP contribution in [0.25, 0.3) is 11.0 Å². The van der Waals surface area contributed by atoms with Crippen molar-refractivity contribution in [2.45, 2.75) is 11.4 Å². The van der Waals surface area contributed by atoms with Crippen LogP contribution >= 0.6 is 22.6 Å². The number of hydrogen-bond donors (Lipinski definition) is 0. The Labute approximate surface area is 84.9 Å². The first kappa shape index (κ1) is 8.10. The van der Waals surface area contributed by atoms with Crippen LogP contribution in [0.1, 0.15) is 11.3 Å². The van der Waals surface area contributed by atoms with Crippen molar-refractivity contribution in [3.8, 4) is 0 Å². The largest absolute Gasteiger partial charge is 0.461 e. The van der Waals surface area contributed by atoms with Crippen LogP contribution in [0.3, 0.4) is 0 Å². The Hall–Kier alpha value is -0.510. The maximum absolute atomic E-state index is 5.46. The lowest BCUT2D eigenvalue weighted by Crippen LogP contribution is -1.73. The van der Waals surface area contributed by atoms with Crippen molar-refractivity contribution in [3.63, 3.8) is 0 Å². The maximum Gasteiger partial charge on any atom is 0.134 e. The molecule has 1 aromatic carbocycles. The van der Waals surface area contributed by atoms with Gasteiger partial charge >= 0.3 is 0 Å². The Balaban J connectivity index is 2.66. The van der Waals surface area contributed by atoms with Crippen LogP contribution in [0.15, 0.2) is 28.7 Å². The van der Waals surface area contributed by atoms with Gasteiger partial charge in [-0.1, -0.05) is 28.7 Å². The average molecular weight is 272 g/mol. The minimum absolute atomic E-state index is 0.982. The van der Waals surface area contributed by atoms with Crippen LogP contribution in [0, 0.1) is 6.92 Å². The fourth-order valence-corrected chi connectivity index (χ4v) is 1.78. The summed E-state index contributed by atoms with van der Waals surface area (Å²) in [6, 6.07) is 8.40. The van der Waals surface area contributed by atoms with Crippen molar-refractivity contribution >= 4 is 33.6 Å². The summed E-state index contributed by atoms with van der Waals surface area (Å²) in [6.45, 7) is 1.98. The highest BCUT2D eigenvalue weighted by Gasteiger charge is 1.99. The molecule has 2 rings (SSSR count). The lowest BCUT2D eigenvalue weighted by molar-refractivity contribution is 0.578. The molecule has 0 saturated heterocycles. The third kappa shape index (κ3) is 1.35. The lowest BCUT2D eigenvalue weighted by Gasteiger charge is -1.92. The Bertz CT molecular complexity index is 403. The monoisotopic (exact) mass is 272 g/mol. The van der Waals surface area contributed by atoms with Gasteiger partial charge in [-0.2, -0.15) is 0 Å². The first-order chi connectivity index (χ1) is 5.79. The first-order valence-electron chi connectivity index (χ1n) is 3.84. The van der Waals surface area contributed by atoms with Crippen LogP contribution in [0.2, 0.25) is 0 Å². The van der Waals surface area contributed by atoms with Gasteiger partial charge in [0.15, 0.2) is 0 Å². The molecular formula is C10H9IO. The summed E-state index contributed by atoms with van der Waals surface area (Å²) >= 11 is 2.36. The standard InChI is InChI=1S/C10H9IO/c1-7-4-9-5-8(6-11)2-3-10(9)12-7/h2-5H,6H2,1H3. The molecule has 0 aliphatic carbocycles. The summed E-state index contributed by atoms with van der Waals surface area (Å²) in [7, 11) is 0. The lowest BCUT2D eigenvalue weighted by atomic mass is 10.2. The fraction of sp³-hybridized carbons (Fsp3) is 0.200. The molecule has 0 unspecified atom stereocenters. The van der Waals surface area contributed by atoms with Gasteiger partial charge < -0.3 is 4.42 Å². The molecule has 62 valence electrons. The van der Waals surface area contributed by atoms with E-state index in [2.05, 4.69) is 40.8 Å². The predicted octanol–water partition coefficient (Wildman–Crippen LogP) is 3.68. The van der Waals surface area contributed by atoms with Gasteiger partial charge in [0.05, 0.1) is 0 Å². The number of aryl methyl sites for hydroxylation is 1. The number of rotatable bonds is 1.